The average Bonchev–Trinajstić information content (AvgIpc) is 3.46. The molecule has 31 heavy (non-hydrogen) atoms. The van der Waals surface area contributed by atoms with Crippen LogP contribution < -0.4 is 10.6 Å². The standard InChI is InChI=1S/C27H27N3O/c31-27(29-16-21-8-4-5-13-28-21)20-11-12-23-22(15-20)24-18-9-10-19(14-18)25(24)26(30-23)17-6-2-1-3-7-17/h1-8,11-13,15,18-19,24-26,30H,9-10,14,16H2,(H,29,31)/t18-,19+,24-,25-,26-/m0/s1. The summed E-state index contributed by atoms with van der Waals surface area (Å²) in [6, 6.07) is 23.2. The summed E-state index contributed by atoms with van der Waals surface area (Å²) < 4.78 is 0. The number of nitrogens with zero attached hydrogens (tertiary/aromatic N) is 1. The molecule has 1 amide bonds. The summed E-state index contributed by atoms with van der Waals surface area (Å²) in [4.78, 5) is 17.2. The van der Waals surface area contributed by atoms with Gasteiger partial charge in [0.05, 0.1) is 18.3 Å². The van der Waals surface area contributed by atoms with Gasteiger partial charge in [0.1, 0.15) is 0 Å². The van der Waals surface area contributed by atoms with Crippen molar-refractivity contribution in [2.24, 2.45) is 17.8 Å². The lowest BCUT2D eigenvalue weighted by Gasteiger charge is -2.43. The minimum absolute atomic E-state index is 0.0293. The lowest BCUT2D eigenvalue weighted by Crippen LogP contribution is -2.35. The molecule has 0 unspecified atom stereocenters. The summed E-state index contributed by atoms with van der Waals surface area (Å²) in [5, 5.41) is 6.88. The summed E-state index contributed by atoms with van der Waals surface area (Å²) in [6.07, 6.45) is 5.75. The van der Waals surface area contributed by atoms with E-state index in [1.807, 2.05) is 24.3 Å². The van der Waals surface area contributed by atoms with E-state index in [4.69, 9.17) is 0 Å². The van der Waals surface area contributed by atoms with Crippen LogP contribution in [-0.2, 0) is 6.54 Å². The number of amides is 1. The van der Waals surface area contributed by atoms with Crippen molar-refractivity contribution in [1.82, 2.24) is 10.3 Å². The van der Waals surface area contributed by atoms with Crippen molar-refractivity contribution < 1.29 is 4.79 Å². The fourth-order valence-electron chi connectivity index (χ4n) is 6.39. The van der Waals surface area contributed by atoms with Crippen LogP contribution >= 0.6 is 0 Å². The molecule has 2 aromatic carbocycles. The van der Waals surface area contributed by atoms with Gasteiger partial charge in [-0.2, -0.15) is 0 Å². The van der Waals surface area contributed by atoms with E-state index in [1.165, 1.54) is 36.1 Å². The highest BCUT2D eigenvalue weighted by Gasteiger charge is 2.53. The second-order valence-corrected chi connectivity index (χ2v) is 9.27. The monoisotopic (exact) mass is 409 g/mol. The molecule has 2 fully saturated rings. The maximum Gasteiger partial charge on any atom is 0.251 e. The number of nitrogens with one attached hydrogen (secondary N) is 2. The van der Waals surface area contributed by atoms with Crippen LogP contribution in [0.4, 0.5) is 5.69 Å². The Hall–Kier alpha value is -3.14. The maximum atomic E-state index is 12.9. The first kappa shape index (κ1) is 18.6. The third kappa shape index (κ3) is 3.21. The van der Waals surface area contributed by atoms with Crippen molar-refractivity contribution in [2.75, 3.05) is 5.32 Å². The third-order valence-electron chi connectivity index (χ3n) is 7.66. The molecule has 4 nitrogen and oxygen atoms in total. The van der Waals surface area contributed by atoms with Crippen LogP contribution in [0.25, 0.3) is 0 Å². The number of benzene rings is 2. The topological polar surface area (TPSA) is 54.0 Å². The summed E-state index contributed by atoms with van der Waals surface area (Å²) in [6.45, 7) is 0.446. The number of rotatable bonds is 4. The molecule has 6 rings (SSSR count). The van der Waals surface area contributed by atoms with E-state index in [-0.39, 0.29) is 5.91 Å². The lowest BCUT2D eigenvalue weighted by atomic mass is 9.68. The van der Waals surface area contributed by atoms with E-state index in [0.717, 1.165) is 23.1 Å². The number of fused-ring (bicyclic) bond motifs is 7. The predicted octanol–water partition coefficient (Wildman–Crippen LogP) is 5.31. The Morgan fingerprint density at radius 1 is 1.00 bits per heavy atom. The molecule has 0 radical (unpaired) electrons. The molecule has 1 aliphatic heterocycles. The van der Waals surface area contributed by atoms with Gasteiger partial charge in [-0.1, -0.05) is 36.4 Å². The van der Waals surface area contributed by atoms with Crippen LogP contribution in [0, 0.1) is 17.8 Å². The molecule has 156 valence electrons. The minimum Gasteiger partial charge on any atom is -0.378 e. The van der Waals surface area contributed by atoms with E-state index in [9.17, 15) is 4.79 Å². The fraction of sp³-hybridized carbons (Fsp3) is 0.333. The smallest absolute Gasteiger partial charge is 0.251 e. The van der Waals surface area contributed by atoms with Gasteiger partial charge >= 0.3 is 0 Å². The van der Waals surface area contributed by atoms with Crippen molar-refractivity contribution in [3.63, 3.8) is 0 Å². The molecule has 0 spiro atoms. The van der Waals surface area contributed by atoms with Gasteiger partial charge in [-0.25, -0.2) is 0 Å². The third-order valence-corrected chi connectivity index (χ3v) is 7.66. The van der Waals surface area contributed by atoms with Gasteiger partial charge in [0.25, 0.3) is 5.91 Å². The van der Waals surface area contributed by atoms with Crippen molar-refractivity contribution in [3.8, 4) is 0 Å². The number of anilines is 1. The Bertz CT molecular complexity index is 1100. The van der Waals surface area contributed by atoms with Gasteiger partial charge in [0.15, 0.2) is 0 Å². The first-order valence-electron chi connectivity index (χ1n) is 11.4. The Kier molecular flexibility index (Phi) is 4.52. The molecule has 2 bridgehead atoms. The maximum absolute atomic E-state index is 12.9. The molecule has 2 heterocycles. The highest BCUT2D eigenvalue weighted by molar-refractivity contribution is 5.95. The quantitative estimate of drug-likeness (QED) is 0.614. The second-order valence-electron chi connectivity index (χ2n) is 9.27. The lowest BCUT2D eigenvalue weighted by molar-refractivity contribution is 0.0950. The molecule has 3 aromatic rings. The van der Waals surface area contributed by atoms with Crippen molar-refractivity contribution >= 4 is 11.6 Å². The van der Waals surface area contributed by atoms with Gasteiger partial charge in [-0.05, 0) is 84.4 Å². The number of hydrogen-bond acceptors (Lipinski definition) is 3. The van der Waals surface area contributed by atoms with Crippen molar-refractivity contribution in [1.29, 1.82) is 0 Å². The molecular weight excluding hydrogens is 382 g/mol. The van der Waals surface area contributed by atoms with Crippen LogP contribution in [0.3, 0.4) is 0 Å². The molecule has 2 saturated carbocycles. The Morgan fingerprint density at radius 2 is 1.84 bits per heavy atom. The van der Waals surface area contributed by atoms with Gasteiger partial charge in [0, 0.05) is 17.4 Å². The molecular formula is C27H27N3O. The molecule has 3 aliphatic rings. The Morgan fingerprint density at radius 3 is 2.68 bits per heavy atom. The molecule has 1 aromatic heterocycles. The number of carbonyl (C=O) groups excluding carboxylic acids is 1. The number of hydrogen-bond donors (Lipinski definition) is 2. The van der Waals surface area contributed by atoms with Gasteiger partial charge in [0.2, 0.25) is 0 Å². The number of pyridine rings is 1. The van der Waals surface area contributed by atoms with E-state index >= 15 is 0 Å². The molecule has 5 atom stereocenters. The first-order valence-corrected chi connectivity index (χ1v) is 11.4. The average molecular weight is 410 g/mol. The molecule has 2 N–H and O–H groups in total. The SMILES string of the molecule is O=C(NCc1ccccn1)c1ccc2c(c1)[C@@H]1[C@H]3CC[C@H](C3)[C@@H]1[C@H](c1ccccc1)N2. The van der Waals surface area contributed by atoms with Crippen molar-refractivity contribution in [3.05, 3.63) is 95.3 Å². The summed E-state index contributed by atoms with van der Waals surface area (Å²) in [7, 11) is 0. The fourth-order valence-corrected chi connectivity index (χ4v) is 6.39. The van der Waals surface area contributed by atoms with Crippen molar-refractivity contribution in [2.45, 2.75) is 37.8 Å². The largest absolute Gasteiger partial charge is 0.378 e. The van der Waals surface area contributed by atoms with E-state index < -0.39 is 0 Å². The van der Waals surface area contributed by atoms with Gasteiger partial charge in [-0.3, -0.25) is 9.78 Å². The Balaban J connectivity index is 1.30. The normalized spacial score (nSPS) is 27.8. The van der Waals surface area contributed by atoms with Crippen LogP contribution in [0.1, 0.15) is 58.4 Å². The predicted molar refractivity (Wildman–Crippen MR) is 122 cm³/mol. The first-order chi connectivity index (χ1) is 15.3. The number of carbonyl (C=O) groups is 1. The second kappa shape index (κ2) is 7.52. The van der Waals surface area contributed by atoms with Gasteiger partial charge < -0.3 is 10.6 Å². The van der Waals surface area contributed by atoms with Crippen LogP contribution in [0.5, 0.6) is 0 Å². The summed E-state index contributed by atoms with van der Waals surface area (Å²) in [5.41, 5.74) is 5.54. The van der Waals surface area contributed by atoms with E-state index in [2.05, 4.69) is 58.1 Å². The van der Waals surface area contributed by atoms with E-state index in [1.54, 1.807) is 6.20 Å². The Labute approximate surface area is 183 Å². The van der Waals surface area contributed by atoms with Crippen LogP contribution in [-0.4, -0.2) is 10.9 Å². The zero-order valence-corrected chi connectivity index (χ0v) is 17.5. The molecule has 0 saturated heterocycles. The van der Waals surface area contributed by atoms with Gasteiger partial charge in [-0.15, -0.1) is 0 Å². The molecule has 2 aliphatic carbocycles. The summed E-state index contributed by atoms with van der Waals surface area (Å²) in [5.74, 6) is 2.65. The zero-order valence-electron chi connectivity index (χ0n) is 17.5. The van der Waals surface area contributed by atoms with Crippen LogP contribution in [0.15, 0.2) is 72.9 Å². The minimum atomic E-state index is -0.0293. The highest BCUT2D eigenvalue weighted by atomic mass is 16.1. The van der Waals surface area contributed by atoms with Crippen LogP contribution in [0.2, 0.25) is 0 Å². The van der Waals surface area contributed by atoms with E-state index in [0.29, 0.717) is 24.4 Å². The zero-order chi connectivity index (χ0) is 20.8. The summed E-state index contributed by atoms with van der Waals surface area (Å²) >= 11 is 0. The number of aromatic nitrogens is 1. The highest BCUT2D eigenvalue weighted by Crippen LogP contribution is 2.63. The molecule has 4 heteroatoms.